The maximum Gasteiger partial charge on any atom is 0.373 e. The molecule has 0 unspecified atom stereocenters. The number of benzene rings is 1. The fourth-order valence-electron chi connectivity index (χ4n) is 3.38. The van der Waals surface area contributed by atoms with Gasteiger partial charge in [0.15, 0.2) is 0 Å². The van der Waals surface area contributed by atoms with E-state index in [0.29, 0.717) is 12.2 Å². The van der Waals surface area contributed by atoms with Crippen LogP contribution >= 0.6 is 0 Å². The summed E-state index contributed by atoms with van der Waals surface area (Å²) in [5, 5.41) is 0. The van der Waals surface area contributed by atoms with Gasteiger partial charge in [0.1, 0.15) is 0 Å². The highest BCUT2D eigenvalue weighted by atomic mass is 17.2. The van der Waals surface area contributed by atoms with Gasteiger partial charge < -0.3 is 0 Å². The number of carbonyl (C=O) groups excluding carboxylic acids is 1. The number of hydrogen-bond donors (Lipinski definition) is 0. The Morgan fingerprint density at radius 2 is 1.14 bits per heavy atom. The van der Waals surface area contributed by atoms with Crippen LogP contribution in [0.25, 0.3) is 0 Å². The Labute approximate surface area is 173 Å². The molecule has 0 aromatic heterocycles. The zero-order valence-corrected chi connectivity index (χ0v) is 18.3. The van der Waals surface area contributed by atoms with Crippen LogP contribution in [0.2, 0.25) is 0 Å². The number of unbranched alkanes of at least 4 members (excludes halogenated alkanes) is 13. The largest absolute Gasteiger partial charge is 0.373 e. The van der Waals surface area contributed by atoms with Crippen molar-refractivity contribution in [1.29, 1.82) is 0 Å². The predicted molar refractivity (Wildman–Crippen MR) is 117 cm³/mol. The minimum absolute atomic E-state index is 0.409. The second kappa shape index (κ2) is 17.7. The van der Waals surface area contributed by atoms with Crippen molar-refractivity contribution in [1.82, 2.24) is 0 Å². The van der Waals surface area contributed by atoms with Crippen molar-refractivity contribution in [3.8, 4) is 0 Å². The van der Waals surface area contributed by atoms with Gasteiger partial charge in [0.2, 0.25) is 0 Å². The lowest BCUT2D eigenvalue weighted by Gasteiger charge is -2.05. The molecule has 0 aliphatic heterocycles. The highest BCUT2D eigenvalue weighted by Gasteiger charge is 2.07. The zero-order chi connectivity index (χ0) is 20.3. The summed E-state index contributed by atoms with van der Waals surface area (Å²) < 4.78 is 0. The van der Waals surface area contributed by atoms with Gasteiger partial charge in [-0.2, -0.15) is 4.89 Å². The fraction of sp³-hybridized carbons (Fsp3) is 0.720. The summed E-state index contributed by atoms with van der Waals surface area (Å²) in [7, 11) is 0. The van der Waals surface area contributed by atoms with Crippen LogP contribution in [0.3, 0.4) is 0 Å². The van der Waals surface area contributed by atoms with E-state index in [0.717, 1.165) is 19.3 Å². The minimum Gasteiger partial charge on any atom is -0.293 e. The monoisotopic (exact) mass is 390 g/mol. The lowest BCUT2D eigenvalue weighted by atomic mass is 10.0. The summed E-state index contributed by atoms with van der Waals surface area (Å²) in [6.45, 7) is 4.85. The molecule has 3 nitrogen and oxygen atoms in total. The maximum atomic E-state index is 11.8. The van der Waals surface area contributed by atoms with Crippen molar-refractivity contribution >= 4 is 5.97 Å². The van der Waals surface area contributed by atoms with Crippen LogP contribution in [0.5, 0.6) is 0 Å². The molecule has 0 fully saturated rings. The average Bonchev–Trinajstić information content (AvgIpc) is 2.73. The molecule has 0 aliphatic rings. The smallest absolute Gasteiger partial charge is 0.293 e. The van der Waals surface area contributed by atoms with Crippen molar-refractivity contribution in [3.05, 3.63) is 35.4 Å². The fourth-order valence-corrected chi connectivity index (χ4v) is 3.38. The minimum atomic E-state index is -0.409. The van der Waals surface area contributed by atoms with E-state index in [1.165, 1.54) is 82.6 Å². The number of carbonyl (C=O) groups is 1. The van der Waals surface area contributed by atoms with E-state index in [1.807, 2.05) is 12.1 Å². The summed E-state index contributed by atoms with van der Waals surface area (Å²) in [4.78, 5) is 21.8. The molecule has 0 spiro atoms. The average molecular weight is 391 g/mol. The van der Waals surface area contributed by atoms with Crippen molar-refractivity contribution in [2.75, 3.05) is 6.61 Å². The third-order valence-corrected chi connectivity index (χ3v) is 5.31. The van der Waals surface area contributed by atoms with Crippen LogP contribution in [0, 0.1) is 0 Å². The lowest BCUT2D eigenvalue weighted by Crippen LogP contribution is -2.07. The quantitative estimate of drug-likeness (QED) is 0.146. The molecule has 0 aliphatic carbocycles. The first kappa shape index (κ1) is 24.7. The van der Waals surface area contributed by atoms with E-state index in [4.69, 9.17) is 9.78 Å². The summed E-state index contributed by atoms with van der Waals surface area (Å²) >= 11 is 0. The molecule has 0 heterocycles. The molecule has 28 heavy (non-hydrogen) atoms. The molecule has 1 aromatic carbocycles. The van der Waals surface area contributed by atoms with E-state index in [9.17, 15) is 4.79 Å². The first-order valence-electron chi connectivity index (χ1n) is 11.7. The Morgan fingerprint density at radius 1 is 0.679 bits per heavy atom. The number of rotatable bonds is 18. The van der Waals surface area contributed by atoms with Crippen LogP contribution < -0.4 is 0 Å². The van der Waals surface area contributed by atoms with Crippen LogP contribution in [0.15, 0.2) is 24.3 Å². The van der Waals surface area contributed by atoms with Crippen LogP contribution in [-0.2, 0) is 16.2 Å². The van der Waals surface area contributed by atoms with Crippen LogP contribution in [0.1, 0.15) is 120 Å². The van der Waals surface area contributed by atoms with E-state index >= 15 is 0 Å². The highest BCUT2D eigenvalue weighted by Crippen LogP contribution is 2.13. The Bertz CT molecular complexity index is 481. The van der Waals surface area contributed by atoms with Gasteiger partial charge in [-0.25, -0.2) is 4.79 Å². The van der Waals surface area contributed by atoms with Gasteiger partial charge in [-0.15, -0.1) is 0 Å². The lowest BCUT2D eigenvalue weighted by molar-refractivity contribution is -0.241. The molecule has 0 N–H and O–H groups in total. The predicted octanol–water partition coefficient (Wildman–Crippen LogP) is 7.82. The summed E-state index contributed by atoms with van der Waals surface area (Å²) in [6.07, 6.45) is 19.6. The second-order valence-electron chi connectivity index (χ2n) is 7.84. The van der Waals surface area contributed by atoms with E-state index in [1.54, 1.807) is 12.1 Å². The van der Waals surface area contributed by atoms with Gasteiger partial charge in [0, 0.05) is 0 Å². The molecule has 160 valence electrons. The maximum absolute atomic E-state index is 11.8. The third kappa shape index (κ3) is 12.9. The van der Waals surface area contributed by atoms with Crippen molar-refractivity contribution < 1.29 is 14.6 Å². The first-order chi connectivity index (χ1) is 13.8. The Kier molecular flexibility index (Phi) is 15.6. The Morgan fingerprint density at radius 3 is 1.61 bits per heavy atom. The van der Waals surface area contributed by atoms with Crippen LogP contribution in [0.4, 0.5) is 0 Å². The molecule has 3 heteroatoms. The molecule has 1 aromatic rings. The van der Waals surface area contributed by atoms with Gasteiger partial charge in [-0.05, 0) is 30.5 Å². The highest BCUT2D eigenvalue weighted by molar-refractivity contribution is 5.88. The Balaban J connectivity index is 1.83. The molecular formula is C25H42O3. The topological polar surface area (TPSA) is 35.5 Å². The van der Waals surface area contributed by atoms with Crippen LogP contribution in [-0.4, -0.2) is 12.6 Å². The molecule has 0 amide bonds. The zero-order valence-electron chi connectivity index (χ0n) is 18.3. The number of hydrogen-bond acceptors (Lipinski definition) is 3. The molecule has 0 radical (unpaired) electrons. The molecule has 0 saturated carbocycles. The summed E-state index contributed by atoms with van der Waals surface area (Å²) in [5.74, 6) is -0.409. The van der Waals surface area contributed by atoms with E-state index in [-0.39, 0.29) is 0 Å². The molecule has 1 rings (SSSR count). The van der Waals surface area contributed by atoms with E-state index < -0.39 is 5.97 Å². The molecule has 0 bridgehead atoms. The van der Waals surface area contributed by atoms with E-state index in [2.05, 4.69) is 13.8 Å². The van der Waals surface area contributed by atoms with Crippen molar-refractivity contribution in [2.45, 2.75) is 110 Å². The SMILES string of the molecule is CCCCCCCCCCCCCCCCOOC(=O)c1ccc(CC)cc1. The van der Waals surface area contributed by atoms with Gasteiger partial charge >= 0.3 is 5.97 Å². The standard InChI is InChI=1S/C25H42O3/c1-3-5-6-7-8-9-10-11-12-13-14-15-16-17-22-27-28-25(26)24-20-18-23(4-2)19-21-24/h18-21H,3-17,22H2,1-2H3. The summed E-state index contributed by atoms with van der Waals surface area (Å²) in [5.41, 5.74) is 1.75. The molecule has 0 atom stereocenters. The first-order valence-corrected chi connectivity index (χ1v) is 11.7. The van der Waals surface area contributed by atoms with Crippen molar-refractivity contribution in [3.63, 3.8) is 0 Å². The second-order valence-corrected chi connectivity index (χ2v) is 7.84. The summed E-state index contributed by atoms with van der Waals surface area (Å²) in [6, 6.07) is 7.47. The van der Waals surface area contributed by atoms with Crippen molar-refractivity contribution in [2.24, 2.45) is 0 Å². The molecular weight excluding hydrogens is 348 g/mol. The van der Waals surface area contributed by atoms with Gasteiger partial charge in [-0.1, -0.05) is 109 Å². The van der Waals surface area contributed by atoms with Gasteiger partial charge in [-0.3, -0.25) is 4.89 Å². The Hall–Kier alpha value is -1.35. The third-order valence-electron chi connectivity index (χ3n) is 5.31. The van der Waals surface area contributed by atoms with Gasteiger partial charge in [0.25, 0.3) is 0 Å². The van der Waals surface area contributed by atoms with Gasteiger partial charge in [0.05, 0.1) is 12.2 Å². The molecule has 0 saturated heterocycles. The normalized spacial score (nSPS) is 10.9. The number of aryl methyl sites for hydroxylation is 1.